The summed E-state index contributed by atoms with van der Waals surface area (Å²) in [5, 5.41) is 12.0. The highest BCUT2D eigenvalue weighted by Gasteiger charge is 2.08. The van der Waals surface area contributed by atoms with Gasteiger partial charge in [0.2, 0.25) is 0 Å². The molecule has 0 saturated carbocycles. The molecule has 0 bridgehead atoms. The predicted octanol–water partition coefficient (Wildman–Crippen LogP) is 1.11. The van der Waals surface area contributed by atoms with Crippen LogP contribution in [0, 0.1) is 12.8 Å². The van der Waals surface area contributed by atoms with Crippen LogP contribution in [0.3, 0.4) is 0 Å². The van der Waals surface area contributed by atoms with Crippen molar-refractivity contribution >= 4 is 0 Å². The van der Waals surface area contributed by atoms with E-state index in [1.807, 2.05) is 23.3 Å². The molecule has 0 aromatic carbocycles. The molecular formula is C13H22N6. The maximum absolute atomic E-state index is 4.35. The quantitative estimate of drug-likeness (QED) is 0.847. The summed E-state index contributed by atoms with van der Waals surface area (Å²) in [6.45, 7) is 8.81. The van der Waals surface area contributed by atoms with Crippen LogP contribution in [0.15, 0.2) is 12.4 Å². The topological polar surface area (TPSA) is 60.6 Å². The smallest absolute Gasteiger partial charge is 0.141 e. The third kappa shape index (κ3) is 3.64. The first kappa shape index (κ1) is 13.7. The summed E-state index contributed by atoms with van der Waals surface area (Å²) in [6.07, 6.45) is 1.61. The van der Waals surface area contributed by atoms with Crippen molar-refractivity contribution in [2.75, 3.05) is 6.54 Å². The maximum atomic E-state index is 4.35. The van der Waals surface area contributed by atoms with E-state index in [1.54, 1.807) is 6.33 Å². The average molecular weight is 262 g/mol. The Bertz CT molecular complexity index is 525. The van der Waals surface area contributed by atoms with Crippen LogP contribution in [-0.2, 0) is 20.1 Å². The zero-order chi connectivity index (χ0) is 13.8. The summed E-state index contributed by atoms with van der Waals surface area (Å²) < 4.78 is 3.81. The highest BCUT2D eigenvalue weighted by molar-refractivity contribution is 5.09. The molecule has 2 heterocycles. The van der Waals surface area contributed by atoms with E-state index in [4.69, 9.17) is 0 Å². The lowest BCUT2D eigenvalue weighted by Crippen LogP contribution is -2.22. The molecule has 19 heavy (non-hydrogen) atoms. The molecule has 6 nitrogen and oxygen atoms in total. The number of aryl methyl sites for hydroxylation is 2. The number of hydrogen-bond donors (Lipinski definition) is 1. The SMILES string of the molecule is Cc1cc(Cn2ncnc2CNCC(C)C)n(C)n1. The minimum absolute atomic E-state index is 0.635. The lowest BCUT2D eigenvalue weighted by Gasteiger charge is -2.09. The Balaban J connectivity index is 2.01. The average Bonchev–Trinajstić information content (AvgIpc) is 2.87. The Labute approximate surface area is 113 Å². The molecule has 0 unspecified atom stereocenters. The molecule has 104 valence electrons. The number of aromatic nitrogens is 5. The molecular weight excluding hydrogens is 240 g/mol. The molecule has 2 aromatic rings. The number of hydrogen-bond acceptors (Lipinski definition) is 4. The van der Waals surface area contributed by atoms with Crippen LogP contribution < -0.4 is 5.32 Å². The minimum atomic E-state index is 0.635. The molecule has 1 N–H and O–H groups in total. The summed E-state index contributed by atoms with van der Waals surface area (Å²) in [5.74, 6) is 1.59. The van der Waals surface area contributed by atoms with Gasteiger partial charge in [0.25, 0.3) is 0 Å². The van der Waals surface area contributed by atoms with Crippen molar-refractivity contribution in [3.8, 4) is 0 Å². The zero-order valence-electron chi connectivity index (χ0n) is 12.1. The van der Waals surface area contributed by atoms with Gasteiger partial charge in [0.15, 0.2) is 0 Å². The first-order chi connectivity index (χ1) is 9.06. The van der Waals surface area contributed by atoms with E-state index in [9.17, 15) is 0 Å². The van der Waals surface area contributed by atoms with E-state index in [1.165, 1.54) is 0 Å². The van der Waals surface area contributed by atoms with Crippen molar-refractivity contribution in [1.29, 1.82) is 0 Å². The number of nitrogens with zero attached hydrogens (tertiary/aromatic N) is 5. The summed E-state index contributed by atoms with van der Waals surface area (Å²) in [7, 11) is 1.95. The maximum Gasteiger partial charge on any atom is 0.141 e. The molecule has 0 aliphatic carbocycles. The van der Waals surface area contributed by atoms with E-state index in [2.05, 4.69) is 40.4 Å². The second-order valence-electron chi connectivity index (χ2n) is 5.26. The van der Waals surface area contributed by atoms with Gasteiger partial charge >= 0.3 is 0 Å². The molecule has 0 amide bonds. The van der Waals surface area contributed by atoms with Gasteiger partial charge in [-0.15, -0.1) is 0 Å². The molecule has 6 heteroatoms. The van der Waals surface area contributed by atoms with Crippen LogP contribution in [0.25, 0.3) is 0 Å². The van der Waals surface area contributed by atoms with E-state index >= 15 is 0 Å². The van der Waals surface area contributed by atoms with Gasteiger partial charge in [-0.25, -0.2) is 9.67 Å². The Hall–Kier alpha value is -1.69. The fourth-order valence-electron chi connectivity index (χ4n) is 2.00. The second kappa shape index (κ2) is 5.97. The van der Waals surface area contributed by atoms with Crippen molar-refractivity contribution in [3.63, 3.8) is 0 Å². The first-order valence-electron chi connectivity index (χ1n) is 6.63. The Morgan fingerprint density at radius 3 is 2.79 bits per heavy atom. The summed E-state index contributed by atoms with van der Waals surface area (Å²) in [6, 6.07) is 2.08. The van der Waals surface area contributed by atoms with Gasteiger partial charge in [-0.3, -0.25) is 4.68 Å². The van der Waals surface area contributed by atoms with Crippen LogP contribution in [0.5, 0.6) is 0 Å². The standard InChI is InChI=1S/C13H22N6/c1-10(2)6-14-7-13-15-9-16-19(13)8-12-5-11(3)17-18(12)4/h5,9-10,14H,6-8H2,1-4H3. The lowest BCUT2D eigenvalue weighted by atomic mass is 10.2. The van der Waals surface area contributed by atoms with Gasteiger partial charge in [0.05, 0.1) is 24.5 Å². The molecule has 0 atom stereocenters. The summed E-state index contributed by atoms with van der Waals surface area (Å²) in [4.78, 5) is 4.31. The molecule has 0 spiro atoms. The van der Waals surface area contributed by atoms with E-state index in [0.717, 1.165) is 30.3 Å². The number of nitrogens with one attached hydrogen (secondary N) is 1. The van der Waals surface area contributed by atoms with Gasteiger partial charge in [0.1, 0.15) is 12.2 Å². The van der Waals surface area contributed by atoms with E-state index < -0.39 is 0 Å². The molecule has 0 fully saturated rings. The highest BCUT2D eigenvalue weighted by Crippen LogP contribution is 2.05. The van der Waals surface area contributed by atoms with Gasteiger partial charge in [-0.1, -0.05) is 13.8 Å². The number of rotatable bonds is 6. The largest absolute Gasteiger partial charge is 0.310 e. The van der Waals surface area contributed by atoms with Crippen molar-refractivity contribution < 1.29 is 0 Å². The van der Waals surface area contributed by atoms with E-state index in [-0.39, 0.29) is 0 Å². The minimum Gasteiger partial charge on any atom is -0.310 e. The monoisotopic (exact) mass is 262 g/mol. The fraction of sp³-hybridized carbons (Fsp3) is 0.615. The van der Waals surface area contributed by atoms with Crippen LogP contribution >= 0.6 is 0 Å². The lowest BCUT2D eigenvalue weighted by molar-refractivity contribution is 0.518. The third-order valence-electron chi connectivity index (χ3n) is 2.94. The molecule has 0 aliphatic rings. The third-order valence-corrected chi connectivity index (χ3v) is 2.94. The molecule has 0 saturated heterocycles. The predicted molar refractivity (Wildman–Crippen MR) is 73.6 cm³/mol. The van der Waals surface area contributed by atoms with Crippen LogP contribution in [-0.4, -0.2) is 31.1 Å². The Morgan fingerprint density at radius 1 is 1.37 bits per heavy atom. The van der Waals surface area contributed by atoms with Gasteiger partial charge < -0.3 is 5.32 Å². The summed E-state index contributed by atoms with van der Waals surface area (Å²) in [5.41, 5.74) is 2.16. The normalized spacial score (nSPS) is 11.4. The molecule has 0 radical (unpaired) electrons. The van der Waals surface area contributed by atoms with Gasteiger partial charge in [0, 0.05) is 7.05 Å². The van der Waals surface area contributed by atoms with E-state index in [0.29, 0.717) is 12.5 Å². The van der Waals surface area contributed by atoms with Crippen molar-refractivity contribution in [1.82, 2.24) is 29.9 Å². The molecule has 0 aliphatic heterocycles. The molecule has 2 rings (SSSR count). The van der Waals surface area contributed by atoms with Crippen LogP contribution in [0.2, 0.25) is 0 Å². The Kier molecular flexibility index (Phi) is 4.31. The zero-order valence-corrected chi connectivity index (χ0v) is 12.1. The van der Waals surface area contributed by atoms with Crippen LogP contribution in [0.1, 0.15) is 31.1 Å². The Morgan fingerprint density at radius 2 is 2.16 bits per heavy atom. The van der Waals surface area contributed by atoms with Crippen molar-refractivity contribution in [3.05, 3.63) is 29.6 Å². The first-order valence-corrected chi connectivity index (χ1v) is 6.63. The fourth-order valence-corrected chi connectivity index (χ4v) is 2.00. The van der Waals surface area contributed by atoms with Crippen molar-refractivity contribution in [2.24, 2.45) is 13.0 Å². The summed E-state index contributed by atoms with van der Waals surface area (Å²) >= 11 is 0. The van der Waals surface area contributed by atoms with Gasteiger partial charge in [-0.05, 0) is 25.5 Å². The second-order valence-corrected chi connectivity index (χ2v) is 5.26. The van der Waals surface area contributed by atoms with Crippen molar-refractivity contribution in [2.45, 2.75) is 33.9 Å². The van der Waals surface area contributed by atoms with Crippen LogP contribution in [0.4, 0.5) is 0 Å². The van der Waals surface area contributed by atoms with Gasteiger partial charge in [-0.2, -0.15) is 10.2 Å². The highest BCUT2D eigenvalue weighted by atomic mass is 15.4. The molecule has 2 aromatic heterocycles.